The number of nitrogens with zero attached hydrogens (tertiary/aromatic N) is 4. The van der Waals surface area contributed by atoms with Crippen LogP contribution in [0.4, 0.5) is 13.2 Å². The maximum atomic E-state index is 12.6. The third-order valence-electron chi connectivity index (χ3n) is 4.20. The Balaban J connectivity index is 0.000000211. The summed E-state index contributed by atoms with van der Waals surface area (Å²) in [7, 11) is 0. The van der Waals surface area contributed by atoms with Crippen molar-refractivity contribution in [3.63, 3.8) is 0 Å². The number of rotatable bonds is 2. The van der Waals surface area contributed by atoms with Gasteiger partial charge in [0.1, 0.15) is 11.4 Å². The number of carbonyl (C=O) groups excluding carboxylic acids is 1. The molecule has 0 spiro atoms. The van der Waals surface area contributed by atoms with E-state index in [0.29, 0.717) is 11.4 Å². The van der Waals surface area contributed by atoms with Gasteiger partial charge in [0.05, 0.1) is 11.4 Å². The second-order valence-electron chi connectivity index (χ2n) is 6.23. The largest absolute Gasteiger partial charge is 0.433 e. The van der Waals surface area contributed by atoms with Crippen LogP contribution in [0.2, 0.25) is 0 Å². The van der Waals surface area contributed by atoms with Gasteiger partial charge in [-0.1, -0.05) is 6.07 Å². The average Bonchev–Trinajstić information content (AvgIpc) is 3.13. The number of fused-ring (bicyclic) bond motifs is 1. The molecule has 0 atom stereocenters. The molecular weight excluding hydrogens is 371 g/mol. The first kappa shape index (κ1) is 19.5. The first-order valence-electron chi connectivity index (χ1n) is 8.66. The molecular formula is C19H18F3N5O. The van der Waals surface area contributed by atoms with Crippen molar-refractivity contribution in [1.82, 2.24) is 19.7 Å². The van der Waals surface area contributed by atoms with E-state index in [-0.39, 0.29) is 0 Å². The van der Waals surface area contributed by atoms with Gasteiger partial charge in [0.2, 0.25) is 0 Å². The van der Waals surface area contributed by atoms with Crippen molar-refractivity contribution >= 4 is 5.91 Å². The monoisotopic (exact) mass is 389 g/mol. The minimum atomic E-state index is -4.43. The van der Waals surface area contributed by atoms with Crippen LogP contribution in [0, 0.1) is 0 Å². The molecule has 0 saturated carbocycles. The second-order valence-corrected chi connectivity index (χ2v) is 6.23. The Bertz CT molecular complexity index is 930. The zero-order chi connectivity index (χ0) is 20.1. The minimum Gasteiger partial charge on any atom is -0.364 e. The van der Waals surface area contributed by atoms with Crippen molar-refractivity contribution < 1.29 is 18.0 Å². The summed E-state index contributed by atoms with van der Waals surface area (Å²) in [5, 5.41) is 4.37. The normalized spacial score (nSPS) is 13.2. The molecule has 4 rings (SSSR count). The highest BCUT2D eigenvalue weighted by Gasteiger charge is 2.32. The molecule has 0 aliphatic heterocycles. The molecule has 0 radical (unpaired) electrons. The van der Waals surface area contributed by atoms with Crippen LogP contribution in [0.15, 0.2) is 48.9 Å². The minimum absolute atomic E-state index is 0.303. The number of primary amides is 1. The summed E-state index contributed by atoms with van der Waals surface area (Å²) in [5.74, 6) is -0.490. The molecule has 146 valence electrons. The van der Waals surface area contributed by atoms with E-state index >= 15 is 0 Å². The number of amides is 1. The predicted octanol–water partition coefficient (Wildman–Crippen LogP) is 3.35. The van der Waals surface area contributed by atoms with Crippen molar-refractivity contribution in [2.45, 2.75) is 31.9 Å². The highest BCUT2D eigenvalue weighted by Crippen LogP contribution is 2.29. The Morgan fingerprint density at radius 1 is 1.07 bits per heavy atom. The van der Waals surface area contributed by atoms with Gasteiger partial charge in [-0.3, -0.25) is 14.8 Å². The fourth-order valence-electron chi connectivity index (χ4n) is 2.83. The molecule has 1 aliphatic rings. The van der Waals surface area contributed by atoms with Crippen LogP contribution in [0.25, 0.3) is 5.69 Å². The van der Waals surface area contributed by atoms with Crippen molar-refractivity contribution in [2.75, 3.05) is 0 Å². The predicted molar refractivity (Wildman–Crippen MR) is 95.8 cm³/mol. The molecule has 0 bridgehead atoms. The van der Waals surface area contributed by atoms with Crippen LogP contribution in [0.1, 0.15) is 40.3 Å². The van der Waals surface area contributed by atoms with Gasteiger partial charge < -0.3 is 5.73 Å². The van der Waals surface area contributed by atoms with Gasteiger partial charge in [-0.15, -0.1) is 0 Å². The van der Waals surface area contributed by atoms with Crippen LogP contribution in [-0.4, -0.2) is 25.7 Å². The lowest BCUT2D eigenvalue weighted by Crippen LogP contribution is -2.12. The van der Waals surface area contributed by atoms with Crippen molar-refractivity contribution in [1.29, 1.82) is 0 Å². The van der Waals surface area contributed by atoms with Crippen molar-refractivity contribution in [3.8, 4) is 5.69 Å². The van der Waals surface area contributed by atoms with Gasteiger partial charge in [-0.2, -0.15) is 18.3 Å². The summed E-state index contributed by atoms with van der Waals surface area (Å²) in [6.07, 6.45) is 4.15. The van der Waals surface area contributed by atoms with E-state index in [1.807, 2.05) is 6.20 Å². The van der Waals surface area contributed by atoms with E-state index < -0.39 is 17.8 Å². The number of hydrogen-bond donors (Lipinski definition) is 1. The SMILES string of the molecule is FC(F)(F)c1cc(-n2cc3c(n2)CCCC3)ccn1.NC(=O)c1ccccn1. The average molecular weight is 389 g/mol. The molecule has 0 aromatic carbocycles. The number of hydrogen-bond acceptors (Lipinski definition) is 4. The highest BCUT2D eigenvalue weighted by molar-refractivity contribution is 5.90. The Hall–Kier alpha value is -3.23. The molecule has 0 saturated heterocycles. The fourth-order valence-corrected chi connectivity index (χ4v) is 2.83. The Morgan fingerprint density at radius 2 is 1.86 bits per heavy atom. The van der Waals surface area contributed by atoms with Gasteiger partial charge in [0.15, 0.2) is 0 Å². The van der Waals surface area contributed by atoms with Crippen LogP contribution in [0.3, 0.4) is 0 Å². The second kappa shape index (κ2) is 8.20. The van der Waals surface area contributed by atoms with E-state index in [4.69, 9.17) is 5.73 Å². The Kier molecular flexibility index (Phi) is 5.72. The molecule has 3 aromatic rings. The van der Waals surface area contributed by atoms with Crippen LogP contribution >= 0.6 is 0 Å². The summed E-state index contributed by atoms with van der Waals surface area (Å²) < 4.78 is 39.4. The van der Waals surface area contributed by atoms with Crippen LogP contribution in [0.5, 0.6) is 0 Å². The highest BCUT2D eigenvalue weighted by atomic mass is 19.4. The summed E-state index contributed by atoms with van der Waals surface area (Å²) in [4.78, 5) is 17.4. The van der Waals surface area contributed by atoms with Gasteiger partial charge in [0.25, 0.3) is 5.91 Å². The number of nitrogens with two attached hydrogens (primary N) is 1. The number of pyridine rings is 2. The number of carbonyl (C=O) groups is 1. The number of aromatic nitrogens is 4. The summed E-state index contributed by atoms with van der Waals surface area (Å²) in [6.45, 7) is 0. The fraction of sp³-hybridized carbons (Fsp3) is 0.263. The molecule has 1 amide bonds. The molecule has 0 fully saturated rings. The summed E-state index contributed by atoms with van der Waals surface area (Å²) >= 11 is 0. The molecule has 28 heavy (non-hydrogen) atoms. The zero-order valence-corrected chi connectivity index (χ0v) is 14.9. The first-order valence-corrected chi connectivity index (χ1v) is 8.66. The number of alkyl halides is 3. The number of aryl methyl sites for hydroxylation is 2. The van der Waals surface area contributed by atoms with Gasteiger partial charge in [-0.25, -0.2) is 4.68 Å². The molecule has 2 N–H and O–H groups in total. The quantitative estimate of drug-likeness (QED) is 0.728. The van der Waals surface area contributed by atoms with E-state index in [9.17, 15) is 18.0 Å². The van der Waals surface area contributed by atoms with Gasteiger partial charge in [0, 0.05) is 18.6 Å². The van der Waals surface area contributed by atoms with Crippen molar-refractivity contribution in [2.24, 2.45) is 5.73 Å². The van der Waals surface area contributed by atoms with Gasteiger partial charge >= 0.3 is 6.18 Å². The van der Waals surface area contributed by atoms with Crippen LogP contribution < -0.4 is 5.73 Å². The van der Waals surface area contributed by atoms with E-state index in [1.54, 1.807) is 18.2 Å². The molecule has 0 unspecified atom stereocenters. The first-order chi connectivity index (χ1) is 13.3. The standard InChI is InChI=1S/C13H12F3N3.C6H6N2O/c14-13(15,16)12-7-10(5-6-17-12)19-8-9-3-1-2-4-11(9)18-19;7-6(9)5-3-1-2-4-8-5/h5-8H,1-4H2;1-4H,(H2,7,9). The third kappa shape index (κ3) is 4.73. The van der Waals surface area contributed by atoms with E-state index in [0.717, 1.165) is 43.0 Å². The smallest absolute Gasteiger partial charge is 0.364 e. The molecule has 1 aliphatic carbocycles. The topological polar surface area (TPSA) is 86.7 Å². The summed E-state index contributed by atoms with van der Waals surface area (Å²) in [6, 6.07) is 7.58. The summed E-state index contributed by atoms with van der Waals surface area (Å²) in [5.41, 5.74) is 6.86. The Labute approximate surface area is 159 Å². The maximum Gasteiger partial charge on any atom is 0.433 e. The number of halogens is 3. The van der Waals surface area contributed by atoms with E-state index in [1.165, 1.54) is 23.1 Å². The van der Waals surface area contributed by atoms with Crippen molar-refractivity contribution in [3.05, 3.63) is 71.6 Å². The lowest BCUT2D eigenvalue weighted by atomic mass is 9.99. The van der Waals surface area contributed by atoms with Gasteiger partial charge in [-0.05, 0) is 55.5 Å². The zero-order valence-electron chi connectivity index (χ0n) is 14.9. The maximum absolute atomic E-state index is 12.6. The lowest BCUT2D eigenvalue weighted by Gasteiger charge is -2.07. The Morgan fingerprint density at radius 3 is 2.46 bits per heavy atom. The molecule has 3 aromatic heterocycles. The molecule has 3 heterocycles. The van der Waals surface area contributed by atoms with E-state index in [2.05, 4.69) is 15.1 Å². The van der Waals surface area contributed by atoms with Crippen LogP contribution in [-0.2, 0) is 19.0 Å². The molecule has 6 nitrogen and oxygen atoms in total. The molecule has 9 heteroatoms. The third-order valence-corrected chi connectivity index (χ3v) is 4.20. The lowest BCUT2D eigenvalue weighted by molar-refractivity contribution is -0.141.